The molecule has 1 unspecified atom stereocenters. The van der Waals surface area contributed by atoms with E-state index in [4.69, 9.17) is 0 Å². The minimum Gasteiger partial charge on any atom is -0.303 e. The monoisotopic (exact) mass is 231 g/mol. The topological polar surface area (TPSA) is 66.5 Å². The molecule has 5 nitrogen and oxygen atoms in total. The molecule has 0 saturated heterocycles. The van der Waals surface area contributed by atoms with E-state index >= 15 is 0 Å². The molecule has 2 aromatic rings. The van der Waals surface area contributed by atoms with Crippen LogP contribution in [0.25, 0.3) is 0 Å². The molecule has 0 aliphatic rings. The van der Waals surface area contributed by atoms with Gasteiger partial charge in [-0.3, -0.25) is 0 Å². The Bertz CT molecular complexity index is 434. The zero-order valence-electron chi connectivity index (χ0n) is 10.1. The molecule has 2 N–H and O–H groups in total. The number of aryl methyl sites for hydroxylation is 1. The number of aromatic amines is 1. The second kappa shape index (κ2) is 5.54. The molecular weight excluding hydrogens is 214 g/mol. The summed E-state index contributed by atoms with van der Waals surface area (Å²) in [6, 6.07) is 8.91. The van der Waals surface area contributed by atoms with Gasteiger partial charge in [0.05, 0.1) is 6.54 Å². The lowest BCUT2D eigenvalue weighted by atomic mass is 10.0. The van der Waals surface area contributed by atoms with Gasteiger partial charge < -0.3 is 5.32 Å². The van der Waals surface area contributed by atoms with Crippen LogP contribution in [0, 0.1) is 6.92 Å². The van der Waals surface area contributed by atoms with E-state index in [0.717, 1.165) is 6.42 Å². The fourth-order valence-corrected chi connectivity index (χ4v) is 1.77. The Morgan fingerprint density at radius 1 is 1.29 bits per heavy atom. The van der Waals surface area contributed by atoms with Crippen LogP contribution in [0.5, 0.6) is 0 Å². The average molecular weight is 231 g/mol. The van der Waals surface area contributed by atoms with Crippen molar-refractivity contribution in [2.75, 3.05) is 0 Å². The largest absolute Gasteiger partial charge is 0.303 e. The van der Waals surface area contributed by atoms with Gasteiger partial charge in [0.2, 0.25) is 0 Å². The lowest BCUT2D eigenvalue weighted by molar-refractivity contribution is 0.508. The van der Waals surface area contributed by atoms with Gasteiger partial charge >= 0.3 is 0 Å². The van der Waals surface area contributed by atoms with E-state index in [0.29, 0.717) is 18.4 Å². The summed E-state index contributed by atoms with van der Waals surface area (Å²) in [5.74, 6) is 0.690. The van der Waals surface area contributed by atoms with Gasteiger partial charge in [0, 0.05) is 6.04 Å². The molecule has 0 spiro atoms. The van der Waals surface area contributed by atoms with Crippen molar-refractivity contribution in [1.29, 1.82) is 0 Å². The van der Waals surface area contributed by atoms with E-state index in [1.807, 2.05) is 0 Å². The second-order valence-electron chi connectivity index (χ2n) is 4.08. The maximum atomic E-state index is 3.92. The molecule has 0 fully saturated rings. The normalized spacial score (nSPS) is 12.6. The zero-order valence-corrected chi connectivity index (χ0v) is 10.1. The summed E-state index contributed by atoms with van der Waals surface area (Å²) in [5.41, 5.74) is 2.57. The van der Waals surface area contributed by atoms with Gasteiger partial charge in [0.25, 0.3) is 0 Å². The Balaban J connectivity index is 1.99. The number of H-pyrrole nitrogens is 1. The third kappa shape index (κ3) is 3.10. The Morgan fingerprint density at radius 2 is 2.06 bits per heavy atom. The third-order valence-corrected chi connectivity index (χ3v) is 2.78. The maximum absolute atomic E-state index is 3.92. The Morgan fingerprint density at radius 3 is 2.65 bits per heavy atom. The SMILES string of the molecule is CCC(NCc1nn[nH]n1)c1ccc(C)cc1. The van der Waals surface area contributed by atoms with E-state index in [9.17, 15) is 0 Å². The standard InChI is InChI=1S/C12H17N5/c1-3-11(10-6-4-9(2)5-7-10)13-8-12-14-16-17-15-12/h4-7,11,13H,3,8H2,1-2H3,(H,14,15,16,17). The third-order valence-electron chi connectivity index (χ3n) is 2.78. The Hall–Kier alpha value is -1.75. The van der Waals surface area contributed by atoms with E-state index in [2.05, 4.69) is 64.1 Å². The van der Waals surface area contributed by atoms with Crippen molar-refractivity contribution in [3.63, 3.8) is 0 Å². The molecule has 0 amide bonds. The van der Waals surface area contributed by atoms with E-state index in [-0.39, 0.29) is 0 Å². The summed E-state index contributed by atoms with van der Waals surface area (Å²) in [4.78, 5) is 0. The van der Waals surface area contributed by atoms with Crippen LogP contribution in [0.1, 0.15) is 36.3 Å². The highest BCUT2D eigenvalue weighted by molar-refractivity contribution is 5.24. The predicted octanol–water partition coefficient (Wildman–Crippen LogP) is 1.75. The number of benzene rings is 1. The maximum Gasteiger partial charge on any atom is 0.188 e. The van der Waals surface area contributed by atoms with E-state index in [1.165, 1.54) is 11.1 Å². The fraction of sp³-hybridized carbons (Fsp3) is 0.417. The highest BCUT2D eigenvalue weighted by atomic mass is 15.5. The molecule has 2 rings (SSSR count). The molecule has 90 valence electrons. The van der Waals surface area contributed by atoms with Crippen molar-refractivity contribution in [2.24, 2.45) is 0 Å². The molecule has 17 heavy (non-hydrogen) atoms. The summed E-state index contributed by atoms with van der Waals surface area (Å²) in [6.45, 7) is 4.88. The first-order valence-electron chi connectivity index (χ1n) is 5.82. The van der Waals surface area contributed by atoms with Crippen LogP contribution in [0.2, 0.25) is 0 Å². The van der Waals surface area contributed by atoms with Crippen molar-refractivity contribution < 1.29 is 0 Å². The molecular formula is C12H17N5. The van der Waals surface area contributed by atoms with Crippen molar-refractivity contribution in [1.82, 2.24) is 25.9 Å². The van der Waals surface area contributed by atoms with Crippen molar-refractivity contribution >= 4 is 0 Å². The Kier molecular flexibility index (Phi) is 3.82. The molecule has 1 aromatic carbocycles. The fourth-order valence-electron chi connectivity index (χ4n) is 1.77. The van der Waals surface area contributed by atoms with Gasteiger partial charge in [-0.2, -0.15) is 5.21 Å². The predicted molar refractivity (Wildman–Crippen MR) is 65.2 cm³/mol. The minimum absolute atomic E-state index is 0.328. The van der Waals surface area contributed by atoms with Crippen LogP contribution in [-0.2, 0) is 6.54 Å². The Labute approximate surface area is 101 Å². The van der Waals surface area contributed by atoms with Crippen LogP contribution in [0.3, 0.4) is 0 Å². The summed E-state index contributed by atoms with van der Waals surface area (Å²) in [5, 5.41) is 17.2. The van der Waals surface area contributed by atoms with Gasteiger partial charge in [0.1, 0.15) is 0 Å². The molecule has 0 aliphatic carbocycles. The zero-order chi connectivity index (χ0) is 12.1. The summed E-state index contributed by atoms with van der Waals surface area (Å²) >= 11 is 0. The molecule has 0 saturated carbocycles. The molecule has 1 heterocycles. The lowest BCUT2D eigenvalue weighted by Crippen LogP contribution is -2.21. The number of nitrogens with zero attached hydrogens (tertiary/aromatic N) is 3. The van der Waals surface area contributed by atoms with Crippen LogP contribution in [0.15, 0.2) is 24.3 Å². The number of nitrogens with one attached hydrogen (secondary N) is 2. The quantitative estimate of drug-likeness (QED) is 0.822. The molecule has 1 aromatic heterocycles. The lowest BCUT2D eigenvalue weighted by Gasteiger charge is -2.16. The van der Waals surface area contributed by atoms with Crippen LogP contribution < -0.4 is 5.32 Å². The van der Waals surface area contributed by atoms with Gasteiger partial charge in [-0.25, -0.2) is 0 Å². The molecule has 5 heteroatoms. The van der Waals surface area contributed by atoms with Crippen LogP contribution in [-0.4, -0.2) is 20.6 Å². The van der Waals surface area contributed by atoms with Crippen molar-refractivity contribution in [3.05, 3.63) is 41.2 Å². The van der Waals surface area contributed by atoms with Gasteiger partial charge in [-0.15, -0.1) is 10.2 Å². The van der Waals surface area contributed by atoms with Crippen molar-refractivity contribution in [2.45, 2.75) is 32.9 Å². The molecule has 1 atom stereocenters. The number of hydrogen-bond acceptors (Lipinski definition) is 4. The highest BCUT2D eigenvalue weighted by Crippen LogP contribution is 2.17. The number of tetrazole rings is 1. The number of aromatic nitrogens is 4. The molecule has 0 aliphatic heterocycles. The average Bonchev–Trinajstić information content (AvgIpc) is 2.85. The highest BCUT2D eigenvalue weighted by Gasteiger charge is 2.09. The first-order valence-corrected chi connectivity index (χ1v) is 5.82. The van der Waals surface area contributed by atoms with Gasteiger partial charge in [-0.1, -0.05) is 42.0 Å². The molecule has 0 radical (unpaired) electrons. The van der Waals surface area contributed by atoms with E-state index in [1.54, 1.807) is 0 Å². The van der Waals surface area contributed by atoms with Gasteiger partial charge in [0.15, 0.2) is 5.82 Å². The number of rotatable bonds is 5. The summed E-state index contributed by atoms with van der Waals surface area (Å²) < 4.78 is 0. The van der Waals surface area contributed by atoms with Gasteiger partial charge in [-0.05, 0) is 18.9 Å². The van der Waals surface area contributed by atoms with E-state index < -0.39 is 0 Å². The van der Waals surface area contributed by atoms with Crippen LogP contribution in [0.4, 0.5) is 0 Å². The first-order chi connectivity index (χ1) is 8.29. The van der Waals surface area contributed by atoms with Crippen LogP contribution >= 0.6 is 0 Å². The summed E-state index contributed by atoms with van der Waals surface area (Å²) in [6.07, 6.45) is 1.03. The second-order valence-corrected chi connectivity index (χ2v) is 4.08. The first kappa shape index (κ1) is 11.7. The summed E-state index contributed by atoms with van der Waals surface area (Å²) in [7, 11) is 0. The molecule has 0 bridgehead atoms. The smallest absolute Gasteiger partial charge is 0.188 e. The van der Waals surface area contributed by atoms with Crippen molar-refractivity contribution in [3.8, 4) is 0 Å². The number of hydrogen-bond donors (Lipinski definition) is 2. The minimum atomic E-state index is 0.328.